The Morgan fingerprint density at radius 2 is 1.88 bits per heavy atom. The molecule has 0 radical (unpaired) electrons. The molecule has 1 saturated heterocycles. The van der Waals surface area contributed by atoms with Gasteiger partial charge >= 0.3 is 6.18 Å². The maximum Gasteiger partial charge on any atom is 0.425 e. The van der Waals surface area contributed by atoms with E-state index in [9.17, 15) is 23.1 Å². The van der Waals surface area contributed by atoms with E-state index in [0.29, 0.717) is 31.3 Å². The normalized spacial score (nSPS) is 17.1. The van der Waals surface area contributed by atoms with E-state index < -0.39 is 29.9 Å². The molecule has 0 bridgehead atoms. The van der Waals surface area contributed by atoms with Crippen LogP contribution in [0.2, 0.25) is 0 Å². The van der Waals surface area contributed by atoms with Gasteiger partial charge in [0.1, 0.15) is 0 Å². The van der Waals surface area contributed by atoms with Gasteiger partial charge in [-0.1, -0.05) is 29.4 Å². The Morgan fingerprint density at radius 3 is 2.50 bits per heavy atom. The Morgan fingerprint density at radius 1 is 1.18 bits per heavy atom. The first-order valence-corrected chi connectivity index (χ1v) is 10.7. The van der Waals surface area contributed by atoms with Crippen molar-refractivity contribution >= 4 is 5.91 Å². The molecule has 12 heteroatoms. The molecule has 0 saturated carbocycles. The molecule has 0 aliphatic carbocycles. The lowest BCUT2D eigenvalue weighted by atomic mass is 9.96. The minimum atomic E-state index is -5.06. The van der Waals surface area contributed by atoms with E-state index in [1.807, 2.05) is 36.1 Å². The first-order chi connectivity index (χ1) is 16.1. The number of nitrogens with zero attached hydrogens (tertiary/aromatic N) is 6. The van der Waals surface area contributed by atoms with Crippen LogP contribution in [0.4, 0.5) is 13.2 Å². The molecule has 1 unspecified atom stereocenters. The number of piperazine rings is 1. The highest BCUT2D eigenvalue weighted by Crippen LogP contribution is 2.41. The van der Waals surface area contributed by atoms with Crippen LogP contribution in [-0.4, -0.2) is 72.9 Å². The predicted octanol–water partition coefficient (Wildman–Crippen LogP) is 2.26. The second-order valence-corrected chi connectivity index (χ2v) is 8.38. The van der Waals surface area contributed by atoms with Crippen LogP contribution in [0, 0.1) is 6.92 Å². The van der Waals surface area contributed by atoms with Crippen LogP contribution in [0.25, 0.3) is 11.4 Å². The summed E-state index contributed by atoms with van der Waals surface area (Å²) in [7, 11) is 1.34. The highest BCUT2D eigenvalue weighted by molar-refractivity contribution is 5.77. The molecule has 1 N–H and O–H groups in total. The van der Waals surface area contributed by atoms with Crippen LogP contribution in [0.1, 0.15) is 23.7 Å². The Bertz CT molecular complexity index is 1150. The van der Waals surface area contributed by atoms with E-state index in [2.05, 4.69) is 15.1 Å². The Hall–Kier alpha value is -3.25. The van der Waals surface area contributed by atoms with E-state index in [1.54, 1.807) is 0 Å². The topological polar surface area (TPSA) is 101 Å². The van der Waals surface area contributed by atoms with Gasteiger partial charge in [0.25, 0.3) is 0 Å². The van der Waals surface area contributed by atoms with Crippen LogP contribution < -0.4 is 0 Å². The van der Waals surface area contributed by atoms with Crippen molar-refractivity contribution in [1.82, 2.24) is 29.5 Å². The molecule has 2 aromatic heterocycles. The van der Waals surface area contributed by atoms with E-state index in [4.69, 9.17) is 4.52 Å². The maximum absolute atomic E-state index is 13.7. The van der Waals surface area contributed by atoms with E-state index in [0.717, 1.165) is 21.9 Å². The molecule has 1 amide bonds. The second kappa shape index (κ2) is 9.18. The molecule has 9 nitrogen and oxygen atoms in total. The minimum Gasteiger partial charge on any atom is -0.374 e. The average Bonchev–Trinajstić information content (AvgIpc) is 3.43. The third kappa shape index (κ3) is 4.68. The quantitative estimate of drug-likeness (QED) is 0.580. The molecular formula is C22H25F3N6O3. The predicted molar refractivity (Wildman–Crippen MR) is 114 cm³/mol. The smallest absolute Gasteiger partial charge is 0.374 e. The zero-order chi connectivity index (χ0) is 24.5. The van der Waals surface area contributed by atoms with Crippen molar-refractivity contribution in [3.05, 3.63) is 53.9 Å². The van der Waals surface area contributed by atoms with E-state index in [1.165, 1.54) is 18.1 Å². The molecular weight excluding hydrogens is 453 g/mol. The summed E-state index contributed by atoms with van der Waals surface area (Å²) in [5.74, 6) is -0.503. The molecule has 4 rings (SSSR count). The zero-order valence-corrected chi connectivity index (χ0v) is 18.8. The SMILES string of the molecule is Cc1ccccc1-c1noc(CN2CCN(C(=O)CC(O)(c3nccn3C)C(F)(F)F)CC2)n1. The Balaban J connectivity index is 1.36. The van der Waals surface area contributed by atoms with E-state index >= 15 is 0 Å². The number of alkyl halides is 3. The van der Waals surface area contributed by atoms with Gasteiger partial charge in [0, 0.05) is 51.2 Å². The van der Waals surface area contributed by atoms with Crippen molar-refractivity contribution in [3.8, 4) is 11.4 Å². The molecule has 1 aromatic carbocycles. The van der Waals surface area contributed by atoms with Gasteiger partial charge in [0.2, 0.25) is 23.2 Å². The van der Waals surface area contributed by atoms with Crippen molar-refractivity contribution in [3.63, 3.8) is 0 Å². The van der Waals surface area contributed by atoms with Crippen LogP contribution in [0.3, 0.4) is 0 Å². The van der Waals surface area contributed by atoms with Crippen molar-refractivity contribution in [2.45, 2.75) is 31.7 Å². The van der Waals surface area contributed by atoms with Gasteiger partial charge in [-0.3, -0.25) is 9.69 Å². The van der Waals surface area contributed by atoms with Crippen molar-refractivity contribution < 1.29 is 27.6 Å². The average molecular weight is 478 g/mol. The number of halogens is 3. The summed E-state index contributed by atoms with van der Waals surface area (Å²) in [6, 6.07) is 7.67. The number of amides is 1. The number of hydrogen-bond acceptors (Lipinski definition) is 7. The van der Waals surface area contributed by atoms with Crippen molar-refractivity contribution in [1.29, 1.82) is 0 Å². The number of hydrogen-bond donors (Lipinski definition) is 1. The van der Waals surface area contributed by atoms with Crippen LogP contribution >= 0.6 is 0 Å². The zero-order valence-electron chi connectivity index (χ0n) is 18.8. The van der Waals surface area contributed by atoms with Crippen molar-refractivity contribution in [2.75, 3.05) is 26.2 Å². The Kier molecular flexibility index (Phi) is 6.45. The third-order valence-electron chi connectivity index (χ3n) is 6.01. The summed E-state index contributed by atoms with van der Waals surface area (Å²) >= 11 is 0. The fourth-order valence-electron chi connectivity index (χ4n) is 4.00. The van der Waals surface area contributed by atoms with Gasteiger partial charge in [-0.2, -0.15) is 18.2 Å². The highest BCUT2D eigenvalue weighted by Gasteiger charge is 2.59. The summed E-state index contributed by atoms with van der Waals surface area (Å²) in [6.07, 6.45) is -3.75. The molecule has 1 atom stereocenters. The van der Waals surface area contributed by atoms with Gasteiger partial charge in [-0.05, 0) is 12.5 Å². The molecule has 1 aliphatic heterocycles. The fourth-order valence-corrected chi connectivity index (χ4v) is 4.00. The number of aryl methyl sites for hydroxylation is 2. The summed E-state index contributed by atoms with van der Waals surface area (Å²) in [4.78, 5) is 24.1. The lowest BCUT2D eigenvalue weighted by Crippen LogP contribution is -2.52. The van der Waals surface area contributed by atoms with E-state index in [-0.39, 0.29) is 13.1 Å². The molecule has 182 valence electrons. The fraction of sp³-hybridized carbons (Fsp3) is 0.455. The van der Waals surface area contributed by atoms with Crippen LogP contribution in [0.15, 0.2) is 41.2 Å². The molecule has 0 spiro atoms. The summed E-state index contributed by atoms with van der Waals surface area (Å²) < 4.78 is 47.6. The maximum atomic E-state index is 13.7. The lowest BCUT2D eigenvalue weighted by molar-refractivity contribution is -0.272. The number of rotatable bonds is 6. The van der Waals surface area contributed by atoms with Gasteiger partial charge in [-0.15, -0.1) is 0 Å². The van der Waals surface area contributed by atoms with Crippen molar-refractivity contribution in [2.24, 2.45) is 7.05 Å². The second-order valence-electron chi connectivity index (χ2n) is 8.38. The molecule has 1 fully saturated rings. The van der Waals surface area contributed by atoms with Gasteiger partial charge in [0.05, 0.1) is 13.0 Å². The lowest BCUT2D eigenvalue weighted by Gasteiger charge is -2.36. The molecule has 3 heterocycles. The van der Waals surface area contributed by atoms with Gasteiger partial charge in [0.15, 0.2) is 5.82 Å². The monoisotopic (exact) mass is 478 g/mol. The molecule has 34 heavy (non-hydrogen) atoms. The summed E-state index contributed by atoms with van der Waals surface area (Å²) in [5, 5.41) is 14.5. The molecule has 3 aromatic rings. The number of benzene rings is 1. The number of aromatic nitrogens is 4. The summed E-state index contributed by atoms with van der Waals surface area (Å²) in [5.41, 5.74) is -1.47. The largest absolute Gasteiger partial charge is 0.425 e. The number of imidazole rings is 1. The standard InChI is InChI=1S/C22H25F3N6O3/c1-15-5-3-4-6-16(15)19-27-17(34-28-19)14-30-9-11-31(12-10-30)18(32)13-21(33,22(23,24)25)20-26-7-8-29(20)2/h3-8,33H,9-14H2,1-2H3. The Labute approximate surface area is 193 Å². The molecule has 1 aliphatic rings. The van der Waals surface area contributed by atoms with Crippen LogP contribution in [0.5, 0.6) is 0 Å². The number of aliphatic hydroxyl groups is 1. The number of carbonyl (C=O) groups is 1. The minimum absolute atomic E-state index is 0.214. The summed E-state index contributed by atoms with van der Waals surface area (Å²) in [6.45, 7) is 3.58. The first-order valence-electron chi connectivity index (χ1n) is 10.7. The van der Waals surface area contributed by atoms with Gasteiger partial charge in [-0.25, -0.2) is 4.98 Å². The van der Waals surface area contributed by atoms with Gasteiger partial charge < -0.3 is 19.1 Å². The third-order valence-corrected chi connectivity index (χ3v) is 6.01. The number of carbonyl (C=O) groups excluding carboxylic acids is 1. The van der Waals surface area contributed by atoms with Crippen LogP contribution in [-0.2, 0) is 24.0 Å². The highest BCUT2D eigenvalue weighted by atomic mass is 19.4. The first kappa shape index (κ1) is 23.9.